The van der Waals surface area contributed by atoms with Gasteiger partial charge in [-0.2, -0.15) is 0 Å². The number of unbranched alkanes of at least 4 members (excludes halogenated alkanes) is 1. The van der Waals surface area contributed by atoms with Crippen LogP contribution in [-0.2, 0) is 29.0 Å². The Kier molecular flexibility index (Phi) is 8.27. The number of aliphatic hydroxyl groups excluding tert-OH is 1. The fourth-order valence-corrected chi connectivity index (χ4v) is 4.57. The van der Waals surface area contributed by atoms with E-state index in [9.17, 15) is 5.11 Å². The van der Waals surface area contributed by atoms with Crippen molar-refractivity contribution in [1.29, 1.82) is 0 Å². The highest BCUT2D eigenvalue weighted by Gasteiger charge is 2.18. The van der Waals surface area contributed by atoms with Gasteiger partial charge in [-0.05, 0) is 68.2 Å². The number of aliphatic hydroxyl groups is 1. The van der Waals surface area contributed by atoms with E-state index in [1.165, 1.54) is 21.9 Å². The zero-order chi connectivity index (χ0) is 21.5. The number of likely N-dealkylation sites (N-methyl/N-ethyl adjacent to an activating group) is 1. The third-order valence-corrected chi connectivity index (χ3v) is 6.53. The monoisotopic (exact) mass is 427 g/mol. The first-order valence-electron chi connectivity index (χ1n) is 11.9. The van der Waals surface area contributed by atoms with Gasteiger partial charge < -0.3 is 19.5 Å². The molecule has 1 unspecified atom stereocenters. The number of rotatable bonds is 9. The number of hydrogen-bond acceptors (Lipinski definition) is 6. The number of hydrogen-bond donors (Lipinski definition) is 1. The van der Waals surface area contributed by atoms with Crippen molar-refractivity contribution in [3.05, 3.63) is 41.2 Å². The molecule has 2 fully saturated rings. The number of benzene rings is 1. The van der Waals surface area contributed by atoms with E-state index >= 15 is 0 Å². The average Bonchev–Trinajstić information content (AvgIpc) is 2.80. The van der Waals surface area contributed by atoms with Crippen molar-refractivity contribution in [2.24, 2.45) is 0 Å². The van der Waals surface area contributed by atoms with Crippen molar-refractivity contribution in [2.75, 3.05) is 46.4 Å². The van der Waals surface area contributed by atoms with Crippen molar-refractivity contribution in [3.63, 3.8) is 0 Å². The quantitative estimate of drug-likeness (QED) is 0.620. The Morgan fingerprint density at radius 2 is 2.03 bits per heavy atom. The Morgan fingerprint density at radius 1 is 1.16 bits per heavy atom. The summed E-state index contributed by atoms with van der Waals surface area (Å²) >= 11 is 0. The molecule has 2 aliphatic rings. The predicted octanol–water partition coefficient (Wildman–Crippen LogP) is 3.34. The normalized spacial score (nSPS) is 21.0. The van der Waals surface area contributed by atoms with E-state index in [2.05, 4.69) is 35.0 Å². The summed E-state index contributed by atoms with van der Waals surface area (Å²) in [5, 5.41) is 11.7. The number of aromatic nitrogens is 1. The standard InChI is InChI=1S/C25H37N3O3/c1-27-10-12-28(13-11-27)18-20-8-9-22-21(16-20)17-26-24(23(22)6-2-4-14-29)19-31-25-7-3-5-15-30-25/h8-9,16-17,25,29H,2-7,10-15,18-19H2,1H3. The van der Waals surface area contributed by atoms with Crippen LogP contribution < -0.4 is 0 Å². The van der Waals surface area contributed by atoms with Crippen molar-refractivity contribution in [2.45, 2.75) is 58.0 Å². The summed E-state index contributed by atoms with van der Waals surface area (Å²) in [6.07, 6.45) is 7.81. The van der Waals surface area contributed by atoms with Gasteiger partial charge in [0, 0.05) is 57.5 Å². The topological polar surface area (TPSA) is 58.1 Å². The molecule has 6 nitrogen and oxygen atoms in total. The highest BCUT2D eigenvalue weighted by molar-refractivity contribution is 5.86. The molecule has 0 saturated carbocycles. The van der Waals surface area contributed by atoms with E-state index in [0.29, 0.717) is 6.61 Å². The molecule has 0 aliphatic carbocycles. The minimum absolute atomic E-state index is 0.109. The largest absolute Gasteiger partial charge is 0.396 e. The third-order valence-electron chi connectivity index (χ3n) is 6.53. The second-order valence-electron chi connectivity index (χ2n) is 8.97. The van der Waals surface area contributed by atoms with Gasteiger partial charge in [-0.1, -0.05) is 12.1 Å². The van der Waals surface area contributed by atoms with E-state index in [-0.39, 0.29) is 12.9 Å². The van der Waals surface area contributed by atoms with Gasteiger partial charge in [0.05, 0.1) is 12.3 Å². The Bertz CT molecular complexity index is 830. The number of aryl methyl sites for hydroxylation is 1. The number of ether oxygens (including phenoxy) is 2. The average molecular weight is 428 g/mol. The fourth-order valence-electron chi connectivity index (χ4n) is 4.57. The van der Waals surface area contributed by atoms with E-state index < -0.39 is 0 Å². The van der Waals surface area contributed by atoms with Gasteiger partial charge in [-0.25, -0.2) is 0 Å². The highest BCUT2D eigenvalue weighted by atomic mass is 16.7. The smallest absolute Gasteiger partial charge is 0.158 e. The molecule has 1 N–H and O–H groups in total. The zero-order valence-corrected chi connectivity index (χ0v) is 18.9. The molecule has 4 rings (SSSR count). The fraction of sp³-hybridized carbons (Fsp3) is 0.640. The molecular weight excluding hydrogens is 390 g/mol. The Balaban J connectivity index is 1.50. The van der Waals surface area contributed by atoms with Gasteiger partial charge in [-0.3, -0.25) is 9.88 Å². The maximum atomic E-state index is 9.24. The molecule has 6 heteroatoms. The molecule has 31 heavy (non-hydrogen) atoms. The summed E-state index contributed by atoms with van der Waals surface area (Å²) < 4.78 is 11.8. The molecule has 1 aromatic heterocycles. The summed E-state index contributed by atoms with van der Waals surface area (Å²) in [5.41, 5.74) is 3.61. The Morgan fingerprint density at radius 3 is 2.81 bits per heavy atom. The lowest BCUT2D eigenvalue weighted by atomic mass is 9.98. The van der Waals surface area contributed by atoms with Gasteiger partial charge in [0.25, 0.3) is 0 Å². The van der Waals surface area contributed by atoms with Crippen LogP contribution in [0.4, 0.5) is 0 Å². The molecule has 0 bridgehead atoms. The highest BCUT2D eigenvalue weighted by Crippen LogP contribution is 2.26. The summed E-state index contributed by atoms with van der Waals surface area (Å²) in [7, 11) is 2.19. The van der Waals surface area contributed by atoms with Crippen LogP contribution in [0.3, 0.4) is 0 Å². The van der Waals surface area contributed by atoms with Crippen molar-refractivity contribution in [3.8, 4) is 0 Å². The van der Waals surface area contributed by atoms with Crippen LogP contribution >= 0.6 is 0 Å². The van der Waals surface area contributed by atoms with E-state index in [1.807, 2.05) is 6.20 Å². The lowest BCUT2D eigenvalue weighted by Crippen LogP contribution is -2.43. The molecular formula is C25H37N3O3. The molecule has 0 spiro atoms. The van der Waals surface area contributed by atoms with E-state index in [4.69, 9.17) is 14.5 Å². The van der Waals surface area contributed by atoms with Crippen LogP contribution in [0.1, 0.15) is 48.9 Å². The van der Waals surface area contributed by atoms with Gasteiger partial charge in [0.2, 0.25) is 0 Å². The van der Waals surface area contributed by atoms with Crippen LogP contribution in [0.15, 0.2) is 24.4 Å². The number of fused-ring (bicyclic) bond motifs is 1. The van der Waals surface area contributed by atoms with Crippen molar-refractivity contribution >= 4 is 10.8 Å². The molecule has 0 amide bonds. The first-order valence-corrected chi connectivity index (χ1v) is 11.9. The number of nitrogens with zero attached hydrogens (tertiary/aromatic N) is 3. The van der Waals surface area contributed by atoms with Crippen LogP contribution in [0.25, 0.3) is 10.8 Å². The van der Waals surface area contributed by atoms with Crippen molar-refractivity contribution < 1.29 is 14.6 Å². The lowest BCUT2D eigenvalue weighted by molar-refractivity contribution is -0.169. The Labute approximate surface area is 186 Å². The van der Waals surface area contributed by atoms with Gasteiger partial charge in [0.1, 0.15) is 0 Å². The predicted molar refractivity (Wildman–Crippen MR) is 123 cm³/mol. The van der Waals surface area contributed by atoms with Crippen LogP contribution in [0.2, 0.25) is 0 Å². The van der Waals surface area contributed by atoms with Gasteiger partial charge in [-0.15, -0.1) is 0 Å². The first-order chi connectivity index (χ1) is 15.2. The summed E-state index contributed by atoms with van der Waals surface area (Å²) in [6.45, 7) is 7.02. The summed E-state index contributed by atoms with van der Waals surface area (Å²) in [4.78, 5) is 9.73. The van der Waals surface area contributed by atoms with Gasteiger partial charge in [0.15, 0.2) is 6.29 Å². The van der Waals surface area contributed by atoms with Crippen LogP contribution in [0.5, 0.6) is 0 Å². The molecule has 2 saturated heterocycles. The first kappa shape index (κ1) is 22.6. The maximum absolute atomic E-state index is 9.24. The number of pyridine rings is 1. The zero-order valence-electron chi connectivity index (χ0n) is 18.9. The minimum Gasteiger partial charge on any atom is -0.396 e. The summed E-state index contributed by atoms with van der Waals surface area (Å²) in [5.74, 6) is 0. The molecule has 170 valence electrons. The molecule has 1 aromatic carbocycles. The van der Waals surface area contributed by atoms with Crippen molar-refractivity contribution in [1.82, 2.24) is 14.8 Å². The molecule has 2 aromatic rings. The third kappa shape index (κ3) is 6.24. The van der Waals surface area contributed by atoms with Gasteiger partial charge >= 0.3 is 0 Å². The minimum atomic E-state index is -0.109. The maximum Gasteiger partial charge on any atom is 0.158 e. The molecule has 1 atom stereocenters. The molecule has 0 radical (unpaired) electrons. The van der Waals surface area contributed by atoms with Crippen LogP contribution in [-0.4, -0.2) is 72.6 Å². The van der Waals surface area contributed by atoms with Crippen LogP contribution in [0, 0.1) is 0 Å². The SMILES string of the molecule is CN1CCN(Cc2ccc3c(CCCCO)c(COC4CCCCO4)ncc3c2)CC1. The second-order valence-corrected chi connectivity index (χ2v) is 8.97. The molecule has 2 aliphatic heterocycles. The lowest BCUT2D eigenvalue weighted by Gasteiger charge is -2.32. The number of piperazine rings is 1. The second kappa shape index (κ2) is 11.3. The van der Waals surface area contributed by atoms with E-state index in [0.717, 1.165) is 83.5 Å². The summed E-state index contributed by atoms with van der Waals surface area (Å²) in [6, 6.07) is 6.83. The van der Waals surface area contributed by atoms with E-state index in [1.54, 1.807) is 0 Å². The molecule has 3 heterocycles. The Hall–Kier alpha value is -1.57.